The Morgan fingerprint density at radius 1 is 1.53 bits per heavy atom. The molecule has 0 aliphatic rings. The van der Waals surface area contributed by atoms with Crippen LogP contribution >= 0.6 is 15.9 Å². The number of hydrogen-bond donors (Lipinski definition) is 0. The molecule has 0 aromatic heterocycles. The summed E-state index contributed by atoms with van der Waals surface area (Å²) in [4.78, 5) is 10.1. The monoisotopic (exact) mass is 299 g/mol. The number of halogens is 1. The van der Waals surface area contributed by atoms with Crippen LogP contribution in [0.4, 0.5) is 0 Å². The molecule has 1 rings (SSSR count). The fourth-order valence-electron chi connectivity index (χ4n) is 1.25. The summed E-state index contributed by atoms with van der Waals surface area (Å²) in [5, 5.41) is 10.5. The average Bonchev–Trinajstić information content (AvgIpc) is 2.21. The van der Waals surface area contributed by atoms with Crippen LogP contribution in [-0.2, 0) is 0 Å². The maximum Gasteiger partial charge on any atom is 0.243 e. The molecule has 4 nitrogen and oxygen atoms in total. The zero-order valence-electron chi connectivity index (χ0n) is 9.94. The first kappa shape index (κ1) is 13.7. The maximum absolute atomic E-state index is 10.5. The van der Waals surface area contributed by atoms with E-state index in [1.165, 1.54) is 13.0 Å². The lowest BCUT2D eigenvalue weighted by molar-refractivity contribution is -0.422. The lowest BCUT2D eigenvalue weighted by atomic mass is 10.2. The molecule has 0 heterocycles. The van der Waals surface area contributed by atoms with Gasteiger partial charge in [-0.05, 0) is 47.5 Å². The number of ether oxygens (including phenoxy) is 1. The predicted octanol–water partition coefficient (Wildman–Crippen LogP) is 3.87. The van der Waals surface area contributed by atoms with Crippen LogP contribution in [0.5, 0.6) is 5.75 Å². The fraction of sp³-hybridized carbons (Fsp3) is 0.333. The van der Waals surface area contributed by atoms with Crippen molar-refractivity contribution in [3.63, 3.8) is 0 Å². The molecule has 0 fully saturated rings. The summed E-state index contributed by atoms with van der Waals surface area (Å²) in [6, 6.07) is 5.38. The second kappa shape index (κ2) is 5.82. The minimum atomic E-state index is -0.410. The van der Waals surface area contributed by atoms with Crippen LogP contribution in [0, 0.1) is 10.1 Å². The number of benzene rings is 1. The van der Waals surface area contributed by atoms with Crippen LogP contribution in [0.1, 0.15) is 26.3 Å². The first-order valence-corrected chi connectivity index (χ1v) is 5.98. The molecular weight excluding hydrogens is 286 g/mol. The quantitative estimate of drug-likeness (QED) is 0.626. The molecule has 17 heavy (non-hydrogen) atoms. The van der Waals surface area contributed by atoms with Crippen LogP contribution in [0.15, 0.2) is 28.4 Å². The average molecular weight is 300 g/mol. The van der Waals surface area contributed by atoms with E-state index in [1.807, 2.05) is 13.8 Å². The molecule has 0 saturated heterocycles. The number of nitrogens with zero attached hydrogens (tertiary/aromatic N) is 1. The summed E-state index contributed by atoms with van der Waals surface area (Å²) in [5.41, 5.74) is 0.872. The zero-order valence-corrected chi connectivity index (χ0v) is 11.5. The van der Waals surface area contributed by atoms with Crippen LogP contribution in [0.25, 0.3) is 6.08 Å². The third-order valence-electron chi connectivity index (χ3n) is 1.98. The van der Waals surface area contributed by atoms with E-state index in [-0.39, 0.29) is 11.8 Å². The Labute approximate surface area is 109 Å². The number of hydrogen-bond acceptors (Lipinski definition) is 3. The smallest absolute Gasteiger partial charge is 0.243 e. The van der Waals surface area contributed by atoms with Crippen molar-refractivity contribution >= 4 is 22.0 Å². The SMILES string of the molecule is C/C(=C\c1ccc(OC(C)C)c(Br)c1)[N+](=O)[O-]. The highest BCUT2D eigenvalue weighted by atomic mass is 79.9. The van der Waals surface area contributed by atoms with E-state index in [9.17, 15) is 10.1 Å². The minimum Gasteiger partial charge on any atom is -0.490 e. The van der Waals surface area contributed by atoms with E-state index >= 15 is 0 Å². The third-order valence-corrected chi connectivity index (χ3v) is 2.60. The van der Waals surface area contributed by atoms with Crippen molar-refractivity contribution in [2.45, 2.75) is 26.9 Å². The molecule has 0 bridgehead atoms. The highest BCUT2D eigenvalue weighted by Gasteiger charge is 2.06. The van der Waals surface area contributed by atoms with Gasteiger partial charge in [-0.3, -0.25) is 10.1 Å². The van der Waals surface area contributed by atoms with Gasteiger partial charge in [-0.2, -0.15) is 0 Å². The van der Waals surface area contributed by atoms with Gasteiger partial charge < -0.3 is 4.74 Å². The van der Waals surface area contributed by atoms with Crippen molar-refractivity contribution in [1.82, 2.24) is 0 Å². The highest BCUT2D eigenvalue weighted by molar-refractivity contribution is 9.10. The fourth-order valence-corrected chi connectivity index (χ4v) is 1.74. The van der Waals surface area contributed by atoms with Gasteiger partial charge in [0, 0.05) is 13.0 Å². The van der Waals surface area contributed by atoms with Crippen molar-refractivity contribution in [3.05, 3.63) is 44.0 Å². The van der Waals surface area contributed by atoms with E-state index in [1.54, 1.807) is 18.2 Å². The summed E-state index contributed by atoms with van der Waals surface area (Å²) in [5.74, 6) is 0.732. The summed E-state index contributed by atoms with van der Waals surface area (Å²) in [6.07, 6.45) is 1.61. The molecule has 0 aliphatic heterocycles. The predicted molar refractivity (Wildman–Crippen MR) is 70.6 cm³/mol. The number of allylic oxidation sites excluding steroid dienone is 1. The Hall–Kier alpha value is -1.36. The van der Waals surface area contributed by atoms with Gasteiger partial charge >= 0.3 is 0 Å². The minimum absolute atomic E-state index is 0.0909. The standard InChI is InChI=1S/C12H14BrNO3/c1-8(2)17-12-5-4-10(7-11(12)13)6-9(3)14(15)16/h4-8H,1-3H3/b9-6+. The molecule has 0 radical (unpaired) electrons. The van der Waals surface area contributed by atoms with Crippen LogP contribution in [0.3, 0.4) is 0 Å². The second-order valence-corrected chi connectivity index (χ2v) is 4.75. The van der Waals surface area contributed by atoms with Crippen LogP contribution in [0.2, 0.25) is 0 Å². The lowest BCUT2D eigenvalue weighted by Crippen LogP contribution is -2.05. The van der Waals surface area contributed by atoms with Gasteiger partial charge in [0.05, 0.1) is 15.5 Å². The summed E-state index contributed by atoms with van der Waals surface area (Å²) in [6.45, 7) is 5.35. The second-order valence-electron chi connectivity index (χ2n) is 3.90. The summed E-state index contributed by atoms with van der Waals surface area (Å²) < 4.78 is 6.34. The Morgan fingerprint density at radius 3 is 2.65 bits per heavy atom. The summed E-state index contributed by atoms with van der Waals surface area (Å²) >= 11 is 3.38. The van der Waals surface area contributed by atoms with Crippen molar-refractivity contribution in [1.29, 1.82) is 0 Å². The topological polar surface area (TPSA) is 52.4 Å². The van der Waals surface area contributed by atoms with Crippen molar-refractivity contribution in [2.24, 2.45) is 0 Å². The third kappa shape index (κ3) is 4.19. The maximum atomic E-state index is 10.5. The van der Waals surface area contributed by atoms with Crippen LogP contribution in [-0.4, -0.2) is 11.0 Å². The summed E-state index contributed by atoms with van der Waals surface area (Å²) in [7, 11) is 0. The number of rotatable bonds is 4. The van der Waals surface area contributed by atoms with E-state index in [0.717, 1.165) is 15.8 Å². The molecule has 0 aliphatic carbocycles. The normalized spacial score (nSPS) is 11.7. The van der Waals surface area contributed by atoms with E-state index in [2.05, 4.69) is 15.9 Å². The van der Waals surface area contributed by atoms with Crippen molar-refractivity contribution in [3.8, 4) is 5.75 Å². The zero-order chi connectivity index (χ0) is 13.0. The molecule has 0 spiro atoms. The van der Waals surface area contributed by atoms with E-state index in [0.29, 0.717) is 0 Å². The van der Waals surface area contributed by atoms with Gasteiger partial charge in [-0.25, -0.2) is 0 Å². The molecule has 0 amide bonds. The largest absolute Gasteiger partial charge is 0.490 e. The Balaban J connectivity index is 2.97. The molecule has 5 heteroatoms. The van der Waals surface area contributed by atoms with E-state index in [4.69, 9.17) is 4.74 Å². The Bertz CT molecular complexity index is 455. The molecule has 92 valence electrons. The van der Waals surface area contributed by atoms with Gasteiger partial charge in [0.25, 0.3) is 0 Å². The van der Waals surface area contributed by atoms with Gasteiger partial charge in [0.2, 0.25) is 5.70 Å². The van der Waals surface area contributed by atoms with Crippen molar-refractivity contribution < 1.29 is 9.66 Å². The Morgan fingerprint density at radius 2 is 2.18 bits per heavy atom. The van der Waals surface area contributed by atoms with Crippen LogP contribution < -0.4 is 4.74 Å². The van der Waals surface area contributed by atoms with Gasteiger partial charge in [-0.15, -0.1) is 0 Å². The molecule has 0 unspecified atom stereocenters. The van der Waals surface area contributed by atoms with Gasteiger partial charge in [0.15, 0.2) is 0 Å². The Kier molecular flexibility index (Phi) is 4.69. The van der Waals surface area contributed by atoms with Gasteiger partial charge in [-0.1, -0.05) is 6.07 Å². The molecule has 1 aromatic carbocycles. The molecule has 0 N–H and O–H groups in total. The highest BCUT2D eigenvalue weighted by Crippen LogP contribution is 2.27. The van der Waals surface area contributed by atoms with Gasteiger partial charge in [0.1, 0.15) is 5.75 Å². The first-order chi connectivity index (χ1) is 7.90. The molecule has 1 aromatic rings. The molecule has 0 saturated carbocycles. The molecular formula is C12H14BrNO3. The first-order valence-electron chi connectivity index (χ1n) is 5.19. The van der Waals surface area contributed by atoms with Crippen molar-refractivity contribution in [2.75, 3.05) is 0 Å². The number of nitro groups is 1. The lowest BCUT2D eigenvalue weighted by Gasteiger charge is -2.11. The van der Waals surface area contributed by atoms with E-state index < -0.39 is 4.92 Å². The molecule has 0 atom stereocenters.